The van der Waals surface area contributed by atoms with Crippen molar-refractivity contribution in [3.05, 3.63) is 34.9 Å². The Morgan fingerprint density at radius 1 is 1.44 bits per heavy atom. The molecule has 94 valence electrons. The lowest BCUT2D eigenvalue weighted by atomic mass is 9.95. The number of ether oxygens (including phenoxy) is 1. The fourth-order valence-electron chi connectivity index (χ4n) is 3.06. The van der Waals surface area contributed by atoms with Gasteiger partial charge in [0.05, 0.1) is 23.8 Å². The van der Waals surface area contributed by atoms with Crippen LogP contribution in [0.15, 0.2) is 18.2 Å². The smallest absolute Gasteiger partial charge is 0.0991 e. The summed E-state index contributed by atoms with van der Waals surface area (Å²) in [6.45, 7) is 2.93. The molecule has 3 rings (SSSR count). The molecule has 1 aromatic rings. The maximum absolute atomic E-state index is 8.84. The normalized spacial score (nSPS) is 29.4. The topological polar surface area (TPSA) is 45.0 Å². The molecule has 2 aliphatic heterocycles. The zero-order chi connectivity index (χ0) is 12.5. The van der Waals surface area contributed by atoms with Crippen LogP contribution < -0.4 is 5.32 Å². The van der Waals surface area contributed by atoms with Gasteiger partial charge in [-0.1, -0.05) is 6.07 Å². The van der Waals surface area contributed by atoms with Crippen LogP contribution in [0.5, 0.6) is 0 Å². The van der Waals surface area contributed by atoms with Crippen LogP contribution in [0.3, 0.4) is 0 Å². The van der Waals surface area contributed by atoms with Gasteiger partial charge >= 0.3 is 0 Å². The summed E-state index contributed by atoms with van der Waals surface area (Å²) in [6, 6.07) is 8.58. The van der Waals surface area contributed by atoms with E-state index in [1.165, 1.54) is 24.0 Å². The van der Waals surface area contributed by atoms with Gasteiger partial charge < -0.3 is 10.1 Å². The van der Waals surface area contributed by atoms with Crippen molar-refractivity contribution < 1.29 is 4.74 Å². The molecule has 0 saturated carbocycles. The van der Waals surface area contributed by atoms with Crippen LogP contribution in [0.2, 0.25) is 0 Å². The van der Waals surface area contributed by atoms with Crippen LogP contribution in [-0.2, 0) is 11.3 Å². The predicted molar refractivity (Wildman–Crippen MR) is 69.0 cm³/mol. The summed E-state index contributed by atoms with van der Waals surface area (Å²) in [6.07, 6.45) is 4.51. The molecule has 3 atom stereocenters. The fraction of sp³-hybridized carbons (Fsp3) is 0.533. The third kappa shape index (κ3) is 2.14. The molecule has 3 unspecified atom stereocenters. The number of nitrogens with one attached hydrogen (secondary N) is 1. The summed E-state index contributed by atoms with van der Waals surface area (Å²) in [5, 5.41) is 12.4. The molecule has 3 heteroatoms. The van der Waals surface area contributed by atoms with Gasteiger partial charge in [-0.25, -0.2) is 0 Å². The van der Waals surface area contributed by atoms with E-state index >= 15 is 0 Å². The molecule has 3 nitrogen and oxygen atoms in total. The minimum Gasteiger partial charge on any atom is -0.373 e. The Morgan fingerprint density at radius 2 is 2.33 bits per heavy atom. The second-order valence-electron chi connectivity index (χ2n) is 5.35. The Kier molecular flexibility index (Phi) is 3.07. The summed E-state index contributed by atoms with van der Waals surface area (Å²) < 4.78 is 5.83. The van der Waals surface area contributed by atoms with Crippen molar-refractivity contribution in [3.63, 3.8) is 0 Å². The number of nitrogens with zero attached hydrogens (tertiary/aromatic N) is 1. The van der Waals surface area contributed by atoms with Gasteiger partial charge in [-0.15, -0.1) is 0 Å². The molecule has 2 fully saturated rings. The Bertz CT molecular complexity index is 492. The van der Waals surface area contributed by atoms with E-state index in [0.717, 1.165) is 18.5 Å². The van der Waals surface area contributed by atoms with E-state index in [0.29, 0.717) is 18.2 Å². The van der Waals surface area contributed by atoms with Gasteiger partial charge in [0.1, 0.15) is 0 Å². The van der Waals surface area contributed by atoms with Crippen molar-refractivity contribution in [2.75, 3.05) is 0 Å². The number of aryl methyl sites for hydroxylation is 1. The Morgan fingerprint density at radius 3 is 2.94 bits per heavy atom. The Balaban J connectivity index is 1.62. The second kappa shape index (κ2) is 4.72. The molecule has 18 heavy (non-hydrogen) atoms. The van der Waals surface area contributed by atoms with Gasteiger partial charge in [-0.05, 0) is 49.4 Å². The number of hydrogen-bond acceptors (Lipinski definition) is 3. The van der Waals surface area contributed by atoms with Crippen LogP contribution in [-0.4, -0.2) is 18.2 Å². The average Bonchev–Trinajstić information content (AvgIpc) is 2.99. The first-order chi connectivity index (χ1) is 8.76. The van der Waals surface area contributed by atoms with E-state index in [4.69, 9.17) is 10.00 Å². The zero-order valence-electron chi connectivity index (χ0n) is 10.6. The SMILES string of the molecule is Cc1cc(C#N)ccc1CNC1CC2CCC1O2. The molecule has 1 aromatic carbocycles. The fourth-order valence-corrected chi connectivity index (χ4v) is 3.06. The van der Waals surface area contributed by atoms with Crippen LogP contribution in [0.4, 0.5) is 0 Å². The first kappa shape index (κ1) is 11.7. The van der Waals surface area contributed by atoms with Crippen molar-refractivity contribution in [1.82, 2.24) is 5.32 Å². The second-order valence-corrected chi connectivity index (χ2v) is 5.35. The molecule has 0 amide bonds. The summed E-state index contributed by atoms with van der Waals surface area (Å²) in [4.78, 5) is 0. The monoisotopic (exact) mass is 242 g/mol. The highest BCUT2D eigenvalue weighted by atomic mass is 16.5. The molecule has 2 saturated heterocycles. The summed E-state index contributed by atoms with van der Waals surface area (Å²) in [5.41, 5.74) is 3.20. The van der Waals surface area contributed by atoms with Gasteiger partial charge in [-0.2, -0.15) is 5.26 Å². The minimum absolute atomic E-state index is 0.425. The lowest BCUT2D eigenvalue weighted by molar-refractivity contribution is 0.0973. The highest BCUT2D eigenvalue weighted by Crippen LogP contribution is 2.34. The molecular formula is C15H18N2O. The van der Waals surface area contributed by atoms with Crippen molar-refractivity contribution in [2.24, 2.45) is 0 Å². The third-order valence-corrected chi connectivity index (χ3v) is 4.13. The summed E-state index contributed by atoms with van der Waals surface area (Å²) in [7, 11) is 0. The van der Waals surface area contributed by atoms with E-state index in [1.807, 2.05) is 12.1 Å². The van der Waals surface area contributed by atoms with Crippen LogP contribution in [0.1, 0.15) is 36.0 Å². The first-order valence-electron chi connectivity index (χ1n) is 6.65. The maximum Gasteiger partial charge on any atom is 0.0991 e. The maximum atomic E-state index is 8.84. The van der Waals surface area contributed by atoms with Gasteiger partial charge in [0.25, 0.3) is 0 Å². The van der Waals surface area contributed by atoms with Gasteiger partial charge in [0.15, 0.2) is 0 Å². The quantitative estimate of drug-likeness (QED) is 0.884. The standard InChI is InChI=1S/C15H18N2O/c1-10-6-11(8-16)2-3-12(10)9-17-14-7-13-4-5-15(14)18-13/h2-3,6,13-15,17H,4-5,7,9H2,1H3. The lowest BCUT2D eigenvalue weighted by Crippen LogP contribution is -2.37. The van der Waals surface area contributed by atoms with E-state index < -0.39 is 0 Å². The van der Waals surface area contributed by atoms with Crippen molar-refractivity contribution >= 4 is 0 Å². The predicted octanol–water partition coefficient (Wildman–Crippen LogP) is 2.28. The molecule has 0 aromatic heterocycles. The molecule has 0 aliphatic carbocycles. The highest BCUT2D eigenvalue weighted by Gasteiger charge is 2.40. The largest absolute Gasteiger partial charge is 0.373 e. The van der Waals surface area contributed by atoms with Crippen LogP contribution in [0.25, 0.3) is 0 Å². The number of hydrogen-bond donors (Lipinski definition) is 1. The summed E-state index contributed by atoms with van der Waals surface area (Å²) >= 11 is 0. The molecule has 0 spiro atoms. The zero-order valence-corrected chi connectivity index (χ0v) is 10.6. The van der Waals surface area contributed by atoms with E-state index in [2.05, 4.69) is 24.4 Å². The van der Waals surface area contributed by atoms with E-state index in [1.54, 1.807) is 0 Å². The molecule has 2 aliphatic rings. The number of fused-ring (bicyclic) bond motifs is 2. The molecule has 1 N–H and O–H groups in total. The van der Waals surface area contributed by atoms with E-state index in [-0.39, 0.29) is 0 Å². The molecule has 2 heterocycles. The van der Waals surface area contributed by atoms with E-state index in [9.17, 15) is 0 Å². The average molecular weight is 242 g/mol. The molecule has 2 bridgehead atoms. The number of benzene rings is 1. The minimum atomic E-state index is 0.425. The lowest BCUT2D eigenvalue weighted by Gasteiger charge is -2.20. The van der Waals surface area contributed by atoms with Gasteiger partial charge in [-0.3, -0.25) is 0 Å². The highest BCUT2D eigenvalue weighted by molar-refractivity contribution is 5.37. The molecular weight excluding hydrogens is 224 g/mol. The molecule has 0 radical (unpaired) electrons. The van der Waals surface area contributed by atoms with Crippen LogP contribution >= 0.6 is 0 Å². The van der Waals surface area contributed by atoms with Crippen molar-refractivity contribution in [1.29, 1.82) is 5.26 Å². The Hall–Kier alpha value is -1.37. The van der Waals surface area contributed by atoms with Crippen molar-refractivity contribution in [2.45, 2.75) is 51.0 Å². The number of nitriles is 1. The first-order valence-corrected chi connectivity index (χ1v) is 6.65. The van der Waals surface area contributed by atoms with Crippen molar-refractivity contribution in [3.8, 4) is 6.07 Å². The van der Waals surface area contributed by atoms with Gasteiger partial charge in [0, 0.05) is 12.6 Å². The third-order valence-electron chi connectivity index (χ3n) is 4.13. The number of rotatable bonds is 3. The summed E-state index contributed by atoms with van der Waals surface area (Å²) in [5.74, 6) is 0. The Labute approximate surface area is 108 Å². The van der Waals surface area contributed by atoms with Gasteiger partial charge in [0.2, 0.25) is 0 Å². The van der Waals surface area contributed by atoms with Crippen LogP contribution in [0, 0.1) is 18.3 Å².